The van der Waals surface area contributed by atoms with E-state index in [0.29, 0.717) is 21.8 Å². The van der Waals surface area contributed by atoms with E-state index < -0.39 is 5.97 Å². The first-order chi connectivity index (χ1) is 17.0. The molecular formula is C26H19ClN4O3S. The van der Waals surface area contributed by atoms with Crippen molar-refractivity contribution in [3.63, 3.8) is 0 Å². The molecule has 0 saturated carbocycles. The first-order valence-corrected chi connectivity index (χ1v) is 11.8. The number of methoxy groups -OCH3 is 1. The summed E-state index contributed by atoms with van der Waals surface area (Å²) in [6.45, 7) is 0. The van der Waals surface area contributed by atoms with Crippen LogP contribution in [0.5, 0.6) is 5.75 Å². The van der Waals surface area contributed by atoms with E-state index in [-0.39, 0.29) is 4.91 Å². The van der Waals surface area contributed by atoms with Crippen LogP contribution in [-0.2, 0) is 4.79 Å². The number of hydrogen-bond acceptors (Lipinski definition) is 5. The molecule has 0 aliphatic rings. The normalized spacial score (nSPS) is 11.7. The number of fused-ring (bicyclic) bond motifs is 1. The maximum Gasteiger partial charge on any atom is 0.342 e. The smallest absolute Gasteiger partial charge is 0.342 e. The summed E-state index contributed by atoms with van der Waals surface area (Å²) in [5.74, 6) is 0.122. The lowest BCUT2D eigenvalue weighted by Gasteiger charge is -2.04. The van der Waals surface area contributed by atoms with Gasteiger partial charge in [0.1, 0.15) is 10.7 Å². The molecule has 3 aromatic carbocycles. The summed E-state index contributed by atoms with van der Waals surface area (Å²) in [5, 5.41) is 18.8. The zero-order valence-electron chi connectivity index (χ0n) is 18.4. The van der Waals surface area contributed by atoms with Gasteiger partial charge in [0, 0.05) is 27.1 Å². The first kappa shape index (κ1) is 22.8. The van der Waals surface area contributed by atoms with Crippen LogP contribution in [-0.4, -0.2) is 38.4 Å². The molecule has 0 aliphatic heterocycles. The minimum atomic E-state index is -1.08. The number of carbonyl (C=O) groups is 1. The SMILES string of the molecule is COc1ccc2[nH]c(-c3ccccc3)c(/C=C(\Sc3n[nH]c(-c4ccc(Cl)cc4)n3)C(=O)O)c2c1. The second-order valence-corrected chi connectivity index (χ2v) is 9.03. The highest BCUT2D eigenvalue weighted by atomic mass is 35.5. The van der Waals surface area contributed by atoms with E-state index in [9.17, 15) is 9.90 Å². The summed E-state index contributed by atoms with van der Waals surface area (Å²) >= 11 is 6.93. The van der Waals surface area contributed by atoms with Gasteiger partial charge in [0.05, 0.1) is 12.8 Å². The molecule has 2 heterocycles. The molecule has 3 N–H and O–H groups in total. The number of aromatic nitrogens is 4. The summed E-state index contributed by atoms with van der Waals surface area (Å²) in [4.78, 5) is 20.2. The van der Waals surface area contributed by atoms with Crippen molar-refractivity contribution in [2.45, 2.75) is 5.16 Å². The molecule has 0 amide bonds. The molecule has 0 unspecified atom stereocenters. The number of carboxylic acids is 1. The van der Waals surface area contributed by atoms with Gasteiger partial charge < -0.3 is 14.8 Å². The van der Waals surface area contributed by atoms with Crippen LogP contribution in [0.4, 0.5) is 0 Å². The Bertz CT molecular complexity index is 1540. The number of hydrogen-bond donors (Lipinski definition) is 3. The van der Waals surface area contributed by atoms with E-state index in [1.807, 2.05) is 60.7 Å². The molecule has 0 saturated heterocycles. The summed E-state index contributed by atoms with van der Waals surface area (Å²) in [6.07, 6.45) is 1.64. The number of nitrogens with one attached hydrogen (secondary N) is 2. The van der Waals surface area contributed by atoms with Crippen LogP contribution in [0.1, 0.15) is 5.56 Å². The number of aromatic amines is 2. The molecule has 5 rings (SSSR count). The van der Waals surface area contributed by atoms with Crippen molar-refractivity contribution in [2.75, 3.05) is 7.11 Å². The van der Waals surface area contributed by atoms with E-state index in [0.717, 1.165) is 45.0 Å². The maximum absolute atomic E-state index is 12.2. The molecule has 0 atom stereocenters. The molecule has 7 nitrogen and oxygen atoms in total. The molecule has 9 heteroatoms. The number of aliphatic carboxylic acids is 1. The molecule has 0 spiro atoms. The van der Waals surface area contributed by atoms with E-state index >= 15 is 0 Å². The Balaban J connectivity index is 1.58. The lowest BCUT2D eigenvalue weighted by Crippen LogP contribution is -1.97. The summed E-state index contributed by atoms with van der Waals surface area (Å²) in [6, 6.07) is 22.6. The highest BCUT2D eigenvalue weighted by Crippen LogP contribution is 2.36. The monoisotopic (exact) mass is 502 g/mol. The van der Waals surface area contributed by atoms with Crippen LogP contribution in [0, 0.1) is 0 Å². The van der Waals surface area contributed by atoms with E-state index in [1.165, 1.54) is 0 Å². The van der Waals surface area contributed by atoms with Crippen molar-refractivity contribution in [1.29, 1.82) is 0 Å². The molecule has 0 fully saturated rings. The van der Waals surface area contributed by atoms with E-state index in [1.54, 1.807) is 25.3 Å². The lowest BCUT2D eigenvalue weighted by atomic mass is 10.0. The number of thioether (sulfide) groups is 1. The molecular weight excluding hydrogens is 484 g/mol. The van der Waals surface area contributed by atoms with Gasteiger partial charge in [-0.05, 0) is 65.9 Å². The number of nitrogens with zero attached hydrogens (tertiary/aromatic N) is 2. The molecule has 0 aliphatic carbocycles. The van der Waals surface area contributed by atoms with E-state index in [4.69, 9.17) is 16.3 Å². The van der Waals surface area contributed by atoms with Crippen molar-refractivity contribution in [1.82, 2.24) is 20.2 Å². The predicted octanol–water partition coefficient (Wildman–Crippen LogP) is 6.50. The Kier molecular flexibility index (Phi) is 6.31. The Morgan fingerprint density at radius 3 is 2.54 bits per heavy atom. The van der Waals surface area contributed by atoms with Gasteiger partial charge >= 0.3 is 5.97 Å². The number of ether oxygens (including phenoxy) is 1. The predicted molar refractivity (Wildman–Crippen MR) is 139 cm³/mol. The Labute approximate surface area is 209 Å². The van der Waals surface area contributed by atoms with Crippen molar-refractivity contribution in [2.24, 2.45) is 0 Å². The fourth-order valence-electron chi connectivity index (χ4n) is 3.69. The highest BCUT2D eigenvalue weighted by molar-refractivity contribution is 8.04. The number of carboxylic acid groups (broad SMARTS) is 1. The van der Waals surface area contributed by atoms with Gasteiger partial charge in [0.15, 0.2) is 5.82 Å². The number of rotatable bonds is 7. The third-order valence-electron chi connectivity index (χ3n) is 5.38. The van der Waals surface area contributed by atoms with Gasteiger partial charge in [-0.15, -0.1) is 5.10 Å². The number of H-pyrrole nitrogens is 2. The summed E-state index contributed by atoms with van der Waals surface area (Å²) in [5.41, 5.74) is 4.15. The molecule has 5 aromatic rings. The van der Waals surface area contributed by atoms with Gasteiger partial charge in [-0.2, -0.15) is 0 Å². The van der Waals surface area contributed by atoms with Crippen molar-refractivity contribution < 1.29 is 14.6 Å². The zero-order chi connectivity index (χ0) is 24.4. The molecule has 174 valence electrons. The largest absolute Gasteiger partial charge is 0.497 e. The quantitative estimate of drug-likeness (QED) is 0.173. The average Bonchev–Trinajstić information content (AvgIpc) is 3.49. The lowest BCUT2D eigenvalue weighted by molar-refractivity contribution is -0.131. The van der Waals surface area contributed by atoms with Gasteiger partial charge in [-0.1, -0.05) is 41.9 Å². The topological polar surface area (TPSA) is 104 Å². The van der Waals surface area contributed by atoms with Crippen LogP contribution in [0.15, 0.2) is 82.9 Å². The molecule has 0 radical (unpaired) electrons. The minimum absolute atomic E-state index is 0.0764. The number of benzene rings is 3. The van der Waals surface area contributed by atoms with Gasteiger partial charge in [0.2, 0.25) is 5.16 Å². The van der Waals surface area contributed by atoms with Crippen molar-refractivity contribution in [3.05, 3.63) is 88.3 Å². The van der Waals surface area contributed by atoms with Gasteiger partial charge in [-0.3, -0.25) is 5.10 Å². The summed E-state index contributed by atoms with van der Waals surface area (Å²) < 4.78 is 5.40. The second kappa shape index (κ2) is 9.69. The fourth-order valence-corrected chi connectivity index (χ4v) is 4.51. The van der Waals surface area contributed by atoms with Crippen molar-refractivity contribution in [3.8, 4) is 28.4 Å². The second-order valence-electron chi connectivity index (χ2n) is 7.58. The van der Waals surface area contributed by atoms with Crippen LogP contribution in [0.3, 0.4) is 0 Å². The van der Waals surface area contributed by atoms with E-state index in [2.05, 4.69) is 20.2 Å². The fraction of sp³-hybridized carbons (Fsp3) is 0.0385. The summed E-state index contributed by atoms with van der Waals surface area (Å²) in [7, 11) is 1.60. The van der Waals surface area contributed by atoms with Gasteiger partial charge in [0.25, 0.3) is 0 Å². The number of halogens is 1. The third kappa shape index (κ3) is 4.80. The Morgan fingerprint density at radius 2 is 1.83 bits per heavy atom. The van der Waals surface area contributed by atoms with Crippen LogP contribution < -0.4 is 4.74 Å². The van der Waals surface area contributed by atoms with Crippen molar-refractivity contribution >= 4 is 46.3 Å². The average molecular weight is 503 g/mol. The standard InChI is InChI=1S/C26H19ClN4O3S/c1-34-18-11-12-21-19(13-18)20(23(28-21)15-5-3-2-4-6-15)14-22(25(32)33)35-26-29-24(30-31-26)16-7-9-17(27)10-8-16/h2-14,28H,1H3,(H,32,33)(H,29,30,31)/b22-14-. The van der Waals surface area contributed by atoms with Gasteiger partial charge in [-0.25, -0.2) is 9.78 Å². The Hall–Kier alpha value is -4.01. The maximum atomic E-state index is 12.2. The van der Waals surface area contributed by atoms with Crippen LogP contribution >= 0.6 is 23.4 Å². The molecule has 35 heavy (non-hydrogen) atoms. The highest BCUT2D eigenvalue weighted by Gasteiger charge is 2.18. The van der Waals surface area contributed by atoms with Crippen LogP contribution in [0.2, 0.25) is 5.02 Å². The third-order valence-corrected chi connectivity index (χ3v) is 6.51. The van der Waals surface area contributed by atoms with Crippen LogP contribution in [0.25, 0.3) is 39.6 Å². The minimum Gasteiger partial charge on any atom is -0.497 e. The molecule has 2 aromatic heterocycles. The molecule has 0 bridgehead atoms. The Morgan fingerprint density at radius 1 is 1.06 bits per heavy atom. The zero-order valence-corrected chi connectivity index (χ0v) is 20.0. The first-order valence-electron chi connectivity index (χ1n) is 10.6.